The average molecular weight is 550 g/mol. The molecule has 0 aromatic carbocycles. The van der Waals surface area contributed by atoms with Gasteiger partial charge in [0.1, 0.15) is 17.7 Å². The highest BCUT2D eigenvalue weighted by Gasteiger charge is 2.29. The number of urea groups is 1. The number of aryl methyl sites for hydroxylation is 2. The van der Waals surface area contributed by atoms with E-state index in [1.165, 1.54) is 18.6 Å². The van der Waals surface area contributed by atoms with Gasteiger partial charge in [-0.15, -0.1) is 0 Å². The van der Waals surface area contributed by atoms with E-state index in [2.05, 4.69) is 16.4 Å². The Balaban J connectivity index is 1.31. The number of aromatic nitrogens is 2. The first-order chi connectivity index (χ1) is 18.9. The number of likely N-dealkylation sites (N-methyl/N-ethyl adjacent to an activating group) is 1. The molecule has 10 nitrogen and oxygen atoms in total. The molecule has 2 saturated heterocycles. The molecule has 0 saturated carbocycles. The van der Waals surface area contributed by atoms with Gasteiger partial charge in [-0.3, -0.25) is 19.9 Å². The summed E-state index contributed by atoms with van der Waals surface area (Å²) in [6, 6.07) is 5.76. The molecule has 5 rings (SSSR count). The predicted octanol–water partition coefficient (Wildman–Crippen LogP) is 3.44. The fourth-order valence-electron chi connectivity index (χ4n) is 5.45. The van der Waals surface area contributed by atoms with Gasteiger partial charge in [0.2, 0.25) is 11.8 Å². The highest BCUT2D eigenvalue weighted by molar-refractivity contribution is 8.00. The Hall–Kier alpha value is -3.36. The van der Waals surface area contributed by atoms with Crippen molar-refractivity contribution in [3.05, 3.63) is 40.6 Å². The minimum absolute atomic E-state index is 0.0841. The van der Waals surface area contributed by atoms with E-state index in [0.29, 0.717) is 54.5 Å². The van der Waals surface area contributed by atoms with Crippen molar-refractivity contribution in [1.29, 1.82) is 5.26 Å². The summed E-state index contributed by atoms with van der Waals surface area (Å²) in [5, 5.41) is 13.1. The van der Waals surface area contributed by atoms with Crippen molar-refractivity contribution in [2.24, 2.45) is 0 Å². The van der Waals surface area contributed by atoms with Crippen LogP contribution in [0, 0.1) is 11.3 Å². The Morgan fingerprint density at radius 3 is 2.87 bits per heavy atom. The Bertz CT molecular complexity index is 1270. The summed E-state index contributed by atoms with van der Waals surface area (Å²) in [6.07, 6.45) is 7.41. The average Bonchev–Trinajstić information content (AvgIpc) is 3.46. The maximum Gasteiger partial charge on any atom is 0.328 e. The summed E-state index contributed by atoms with van der Waals surface area (Å²) in [5.41, 5.74) is 3.26. The van der Waals surface area contributed by atoms with Crippen LogP contribution in [-0.2, 0) is 24.2 Å². The fraction of sp³-hybridized carbons (Fsp3) is 0.536. The van der Waals surface area contributed by atoms with Gasteiger partial charge in [-0.05, 0) is 74.6 Å². The molecule has 0 bridgehead atoms. The number of ether oxygens (including phenoxy) is 1. The molecule has 2 aromatic heterocycles. The maximum absolute atomic E-state index is 13.4. The van der Waals surface area contributed by atoms with Crippen LogP contribution in [0.25, 0.3) is 0 Å². The van der Waals surface area contributed by atoms with Crippen LogP contribution < -0.4 is 15.0 Å². The summed E-state index contributed by atoms with van der Waals surface area (Å²) in [7, 11) is 3.50. The molecule has 0 radical (unpaired) electrons. The number of carbonyl (C=O) groups is 2. The van der Waals surface area contributed by atoms with E-state index in [9.17, 15) is 14.9 Å². The topological polar surface area (TPSA) is 115 Å². The van der Waals surface area contributed by atoms with Crippen LogP contribution in [-0.4, -0.2) is 83.0 Å². The molecule has 1 atom stereocenters. The van der Waals surface area contributed by atoms with Gasteiger partial charge < -0.3 is 9.64 Å². The van der Waals surface area contributed by atoms with Gasteiger partial charge in [-0.25, -0.2) is 9.78 Å². The van der Waals surface area contributed by atoms with Gasteiger partial charge in [-0.2, -0.15) is 22.0 Å². The second-order valence-electron chi connectivity index (χ2n) is 10.4. The van der Waals surface area contributed by atoms with Gasteiger partial charge in [0, 0.05) is 36.6 Å². The Kier molecular flexibility index (Phi) is 8.53. The number of piperazine rings is 1. The van der Waals surface area contributed by atoms with E-state index in [1.54, 1.807) is 18.2 Å². The number of nitriles is 1. The van der Waals surface area contributed by atoms with Crippen molar-refractivity contribution in [2.75, 3.05) is 56.3 Å². The molecule has 11 heteroatoms. The second kappa shape index (κ2) is 12.2. The van der Waals surface area contributed by atoms with Crippen LogP contribution in [0.1, 0.15) is 47.9 Å². The third-order valence-corrected chi connectivity index (χ3v) is 9.08. The maximum atomic E-state index is 13.4. The van der Waals surface area contributed by atoms with Crippen LogP contribution in [0.3, 0.4) is 0 Å². The molecule has 1 N–H and O–H groups in total. The van der Waals surface area contributed by atoms with E-state index in [0.717, 1.165) is 48.9 Å². The molecule has 3 amide bonds. The first kappa shape index (κ1) is 27.2. The summed E-state index contributed by atoms with van der Waals surface area (Å²) in [4.78, 5) is 40.5. The van der Waals surface area contributed by atoms with Crippen LogP contribution in [0.2, 0.25) is 0 Å². The Morgan fingerprint density at radius 2 is 2.13 bits per heavy atom. The van der Waals surface area contributed by atoms with Gasteiger partial charge in [0.15, 0.2) is 0 Å². The first-order valence-electron chi connectivity index (χ1n) is 13.6. The van der Waals surface area contributed by atoms with Crippen LogP contribution in [0.15, 0.2) is 18.3 Å². The van der Waals surface area contributed by atoms with Crippen molar-refractivity contribution in [1.82, 2.24) is 19.8 Å². The monoisotopic (exact) mass is 549 g/mol. The summed E-state index contributed by atoms with van der Waals surface area (Å²) >= 11 is 2.00. The molecule has 5 heterocycles. The number of nitrogens with one attached hydrogen (secondary N) is 1. The number of carbonyl (C=O) groups excluding carboxylic acids is 2. The summed E-state index contributed by atoms with van der Waals surface area (Å²) in [5.74, 6) is 2.71. The van der Waals surface area contributed by atoms with Gasteiger partial charge in [0.25, 0.3) is 0 Å². The molecule has 2 fully saturated rings. The van der Waals surface area contributed by atoms with Crippen molar-refractivity contribution < 1.29 is 14.3 Å². The van der Waals surface area contributed by atoms with Crippen LogP contribution in [0.4, 0.5) is 16.4 Å². The van der Waals surface area contributed by atoms with Crippen molar-refractivity contribution in [2.45, 2.75) is 50.3 Å². The number of nitrogens with zero attached hydrogens (tertiary/aromatic N) is 6. The molecular weight excluding hydrogens is 514 g/mol. The lowest BCUT2D eigenvalue weighted by Gasteiger charge is -2.33. The number of thioether (sulfide) groups is 1. The van der Waals surface area contributed by atoms with E-state index >= 15 is 0 Å². The fourth-order valence-corrected chi connectivity index (χ4v) is 6.74. The molecule has 206 valence electrons. The molecule has 1 unspecified atom stereocenters. The van der Waals surface area contributed by atoms with E-state index in [-0.39, 0.29) is 11.9 Å². The highest BCUT2D eigenvalue weighted by Crippen LogP contribution is 2.33. The minimum atomic E-state index is -0.318. The number of pyridine rings is 2. The first-order valence-corrected chi connectivity index (χ1v) is 14.6. The normalized spacial score (nSPS) is 19.5. The molecule has 3 aliphatic heterocycles. The number of amides is 3. The number of fused-ring (bicyclic) bond motifs is 1. The zero-order valence-corrected chi connectivity index (χ0v) is 23.4. The molecule has 2 aromatic rings. The predicted molar refractivity (Wildman–Crippen MR) is 151 cm³/mol. The third-order valence-electron chi connectivity index (χ3n) is 7.62. The number of rotatable bonds is 7. The number of methoxy groups -OCH3 is 1. The zero-order chi connectivity index (χ0) is 27.4. The highest BCUT2D eigenvalue weighted by atomic mass is 32.2. The zero-order valence-electron chi connectivity index (χ0n) is 22.6. The SMILES string of the molecule is COc1nc2c(cc1CN1CCN(C)CC1=O)CCCN2C(=O)Nc1cc(CCC2CCCS2)c(C#N)cn1. The van der Waals surface area contributed by atoms with Gasteiger partial charge >= 0.3 is 6.03 Å². The van der Waals surface area contributed by atoms with Gasteiger partial charge in [0.05, 0.1) is 25.8 Å². The van der Waals surface area contributed by atoms with Gasteiger partial charge in [-0.1, -0.05) is 0 Å². The summed E-state index contributed by atoms with van der Waals surface area (Å²) in [6.45, 7) is 2.83. The lowest BCUT2D eigenvalue weighted by atomic mass is 10.0. The van der Waals surface area contributed by atoms with E-state index in [1.807, 2.05) is 40.7 Å². The smallest absolute Gasteiger partial charge is 0.328 e. The quantitative estimate of drug-likeness (QED) is 0.559. The minimum Gasteiger partial charge on any atom is -0.481 e. The summed E-state index contributed by atoms with van der Waals surface area (Å²) < 4.78 is 5.60. The Morgan fingerprint density at radius 1 is 1.26 bits per heavy atom. The number of anilines is 2. The lowest BCUT2D eigenvalue weighted by molar-refractivity contribution is -0.136. The third kappa shape index (κ3) is 6.28. The van der Waals surface area contributed by atoms with E-state index in [4.69, 9.17) is 9.72 Å². The van der Waals surface area contributed by atoms with Crippen LogP contribution in [0.5, 0.6) is 5.88 Å². The molecule has 0 spiro atoms. The van der Waals surface area contributed by atoms with Crippen LogP contribution >= 0.6 is 11.8 Å². The Labute approximate surface area is 233 Å². The number of hydrogen-bond acceptors (Lipinski definition) is 8. The second-order valence-corrected chi connectivity index (χ2v) is 11.8. The molecule has 39 heavy (non-hydrogen) atoms. The van der Waals surface area contributed by atoms with E-state index < -0.39 is 0 Å². The van der Waals surface area contributed by atoms with Crippen molar-refractivity contribution in [3.63, 3.8) is 0 Å². The molecule has 0 aliphatic carbocycles. The molecular formula is C28H35N7O3S. The number of hydrogen-bond donors (Lipinski definition) is 1. The largest absolute Gasteiger partial charge is 0.481 e. The van der Waals surface area contributed by atoms with Crippen molar-refractivity contribution >= 4 is 35.3 Å². The van der Waals surface area contributed by atoms with Crippen molar-refractivity contribution in [3.8, 4) is 11.9 Å². The molecule has 3 aliphatic rings. The standard InChI is InChI=1S/C28H35N7O3S/c1-33-10-11-34(25(36)18-33)17-21-13-20-5-3-9-35(26(20)32-27(21)38-2)28(37)31-24-14-19(22(15-29)16-30-24)7-8-23-6-4-12-39-23/h13-14,16,23H,3-12,17-18H2,1-2H3,(H,30,31,37). The lowest BCUT2D eigenvalue weighted by Crippen LogP contribution is -2.48.